The van der Waals surface area contributed by atoms with Crippen molar-refractivity contribution in [3.05, 3.63) is 46.3 Å². The van der Waals surface area contributed by atoms with Gasteiger partial charge in [-0.3, -0.25) is 20.5 Å². The average molecular weight is 355 g/mol. The standard InChI is InChI=1S/C21H29N3O2/c1-14(2)18-11-19(23-22-18)15-7-9-24(10-8-15)12-16-13-26-20-6-4-3-5-17(20)21(16)25/h3-6,13-15,18-19,22-23H,7-12H2,1-2H3. The van der Waals surface area contributed by atoms with Gasteiger partial charge >= 0.3 is 0 Å². The first-order valence-corrected chi connectivity index (χ1v) is 9.84. The minimum atomic E-state index is 0.107. The van der Waals surface area contributed by atoms with Crippen LogP contribution in [0.5, 0.6) is 0 Å². The van der Waals surface area contributed by atoms with E-state index in [9.17, 15) is 4.79 Å². The molecule has 0 radical (unpaired) electrons. The third-order valence-corrected chi connectivity index (χ3v) is 6.11. The van der Waals surface area contributed by atoms with Gasteiger partial charge in [0.2, 0.25) is 0 Å². The molecule has 0 amide bonds. The molecule has 5 nitrogen and oxygen atoms in total. The Kier molecular flexibility index (Phi) is 5.11. The number of hydrogen-bond acceptors (Lipinski definition) is 5. The van der Waals surface area contributed by atoms with Crippen LogP contribution in [0, 0.1) is 11.8 Å². The lowest BCUT2D eigenvalue weighted by molar-refractivity contribution is 0.154. The van der Waals surface area contributed by atoms with Crippen LogP contribution in [0.2, 0.25) is 0 Å². The molecule has 26 heavy (non-hydrogen) atoms. The maximum absolute atomic E-state index is 12.7. The normalized spacial score (nSPS) is 25.3. The van der Waals surface area contributed by atoms with Crippen LogP contribution in [0.15, 0.2) is 39.7 Å². The van der Waals surface area contributed by atoms with E-state index in [-0.39, 0.29) is 5.43 Å². The number of fused-ring (bicyclic) bond motifs is 1. The van der Waals surface area contributed by atoms with Crippen LogP contribution in [-0.2, 0) is 6.54 Å². The average Bonchev–Trinajstić information content (AvgIpc) is 3.15. The Labute approximate surface area is 154 Å². The molecule has 2 unspecified atom stereocenters. The molecule has 1 aromatic heterocycles. The van der Waals surface area contributed by atoms with Crippen molar-refractivity contribution in [1.29, 1.82) is 0 Å². The SMILES string of the molecule is CC(C)C1CC(C2CCN(Cc3coc4ccccc4c3=O)CC2)NN1. The number of benzene rings is 1. The second-order valence-corrected chi connectivity index (χ2v) is 8.18. The third kappa shape index (κ3) is 3.56. The number of hydrogen-bond donors (Lipinski definition) is 2. The van der Waals surface area contributed by atoms with Crippen molar-refractivity contribution in [2.75, 3.05) is 13.1 Å². The molecular weight excluding hydrogens is 326 g/mol. The van der Waals surface area contributed by atoms with Gasteiger partial charge in [0.25, 0.3) is 0 Å². The Morgan fingerprint density at radius 2 is 1.96 bits per heavy atom. The molecular formula is C21H29N3O2. The summed E-state index contributed by atoms with van der Waals surface area (Å²) < 4.78 is 5.66. The summed E-state index contributed by atoms with van der Waals surface area (Å²) in [5, 5.41) is 0.681. The van der Waals surface area contributed by atoms with Gasteiger partial charge in [0.1, 0.15) is 5.58 Å². The van der Waals surface area contributed by atoms with Crippen molar-refractivity contribution < 1.29 is 4.42 Å². The fourth-order valence-corrected chi connectivity index (χ4v) is 4.34. The summed E-state index contributed by atoms with van der Waals surface area (Å²) in [6, 6.07) is 8.64. The lowest BCUT2D eigenvalue weighted by Gasteiger charge is -2.34. The van der Waals surface area contributed by atoms with Crippen LogP contribution in [0.4, 0.5) is 0 Å². The van der Waals surface area contributed by atoms with Gasteiger partial charge < -0.3 is 4.42 Å². The van der Waals surface area contributed by atoms with E-state index in [1.54, 1.807) is 6.26 Å². The van der Waals surface area contributed by atoms with E-state index < -0.39 is 0 Å². The van der Waals surface area contributed by atoms with Gasteiger partial charge in [0.15, 0.2) is 5.43 Å². The molecule has 4 rings (SSSR count). The monoisotopic (exact) mass is 355 g/mol. The zero-order valence-electron chi connectivity index (χ0n) is 15.7. The lowest BCUT2D eigenvalue weighted by Crippen LogP contribution is -2.43. The van der Waals surface area contributed by atoms with Crippen molar-refractivity contribution in [1.82, 2.24) is 15.8 Å². The predicted octanol–water partition coefficient (Wildman–Crippen LogP) is 2.90. The van der Waals surface area contributed by atoms with E-state index in [1.807, 2.05) is 24.3 Å². The first-order chi connectivity index (χ1) is 12.6. The van der Waals surface area contributed by atoms with Crippen LogP contribution in [0.25, 0.3) is 11.0 Å². The highest BCUT2D eigenvalue weighted by atomic mass is 16.3. The molecule has 0 bridgehead atoms. The maximum Gasteiger partial charge on any atom is 0.197 e. The fourth-order valence-electron chi connectivity index (χ4n) is 4.34. The van der Waals surface area contributed by atoms with E-state index in [1.165, 1.54) is 19.3 Å². The van der Waals surface area contributed by atoms with Gasteiger partial charge in [0.05, 0.1) is 11.6 Å². The molecule has 3 heterocycles. The minimum Gasteiger partial charge on any atom is -0.464 e. The summed E-state index contributed by atoms with van der Waals surface area (Å²) >= 11 is 0. The number of para-hydroxylation sites is 1. The number of piperidine rings is 1. The van der Waals surface area contributed by atoms with Crippen molar-refractivity contribution in [2.45, 2.75) is 51.7 Å². The topological polar surface area (TPSA) is 57.5 Å². The van der Waals surface area contributed by atoms with Gasteiger partial charge in [-0.05, 0) is 56.3 Å². The summed E-state index contributed by atoms with van der Waals surface area (Å²) in [7, 11) is 0. The molecule has 2 aromatic rings. The smallest absolute Gasteiger partial charge is 0.197 e. The molecule has 2 atom stereocenters. The highest BCUT2D eigenvalue weighted by Gasteiger charge is 2.33. The zero-order chi connectivity index (χ0) is 18.1. The summed E-state index contributed by atoms with van der Waals surface area (Å²) in [5.41, 5.74) is 8.52. The summed E-state index contributed by atoms with van der Waals surface area (Å²) in [4.78, 5) is 15.1. The summed E-state index contributed by atoms with van der Waals surface area (Å²) in [6.45, 7) is 7.33. The van der Waals surface area contributed by atoms with Gasteiger partial charge in [-0.25, -0.2) is 0 Å². The molecule has 0 saturated carbocycles. The maximum atomic E-state index is 12.7. The van der Waals surface area contributed by atoms with Crippen LogP contribution >= 0.6 is 0 Å². The predicted molar refractivity (Wildman–Crippen MR) is 104 cm³/mol. The molecule has 0 spiro atoms. The molecule has 2 N–H and O–H groups in total. The van der Waals surface area contributed by atoms with Gasteiger partial charge in [0, 0.05) is 24.2 Å². The zero-order valence-corrected chi connectivity index (χ0v) is 15.7. The largest absolute Gasteiger partial charge is 0.464 e. The molecule has 0 aliphatic carbocycles. The number of nitrogens with one attached hydrogen (secondary N) is 2. The minimum absolute atomic E-state index is 0.107. The molecule has 2 aliphatic rings. The number of rotatable bonds is 4. The molecule has 5 heteroatoms. The highest BCUT2D eigenvalue weighted by molar-refractivity contribution is 5.76. The first kappa shape index (κ1) is 17.7. The number of nitrogens with zero attached hydrogens (tertiary/aromatic N) is 1. The summed E-state index contributed by atoms with van der Waals surface area (Å²) in [6.07, 6.45) is 5.23. The van der Waals surface area contributed by atoms with E-state index in [0.717, 1.165) is 24.6 Å². The highest BCUT2D eigenvalue weighted by Crippen LogP contribution is 2.27. The second kappa shape index (κ2) is 7.51. The molecule has 1 aromatic carbocycles. The molecule has 2 saturated heterocycles. The van der Waals surface area contributed by atoms with Crippen molar-refractivity contribution in [3.8, 4) is 0 Å². The van der Waals surface area contributed by atoms with E-state index >= 15 is 0 Å². The first-order valence-electron chi connectivity index (χ1n) is 9.84. The molecule has 140 valence electrons. The van der Waals surface area contributed by atoms with Crippen LogP contribution < -0.4 is 16.3 Å². The lowest BCUT2D eigenvalue weighted by atomic mass is 9.85. The van der Waals surface area contributed by atoms with Gasteiger partial charge in [-0.1, -0.05) is 26.0 Å². The van der Waals surface area contributed by atoms with Crippen molar-refractivity contribution >= 4 is 11.0 Å². The third-order valence-electron chi connectivity index (χ3n) is 6.11. The summed E-state index contributed by atoms with van der Waals surface area (Å²) in [5.74, 6) is 1.38. The molecule has 2 fully saturated rings. The number of likely N-dealkylation sites (tertiary alicyclic amines) is 1. The Morgan fingerprint density at radius 3 is 2.69 bits per heavy atom. The van der Waals surface area contributed by atoms with Crippen LogP contribution in [0.1, 0.15) is 38.7 Å². The van der Waals surface area contributed by atoms with E-state index in [0.29, 0.717) is 35.5 Å². The Morgan fingerprint density at radius 1 is 1.19 bits per heavy atom. The van der Waals surface area contributed by atoms with Crippen LogP contribution in [-0.4, -0.2) is 30.1 Å². The number of hydrazine groups is 1. The van der Waals surface area contributed by atoms with Gasteiger partial charge in [-0.15, -0.1) is 0 Å². The van der Waals surface area contributed by atoms with Crippen molar-refractivity contribution in [2.24, 2.45) is 11.8 Å². The Balaban J connectivity index is 1.36. The quantitative estimate of drug-likeness (QED) is 0.883. The molecule has 2 aliphatic heterocycles. The fraction of sp³-hybridized carbons (Fsp3) is 0.571. The van der Waals surface area contributed by atoms with Crippen LogP contribution in [0.3, 0.4) is 0 Å². The Hall–Kier alpha value is -1.69. The van der Waals surface area contributed by atoms with Crippen molar-refractivity contribution in [3.63, 3.8) is 0 Å². The van der Waals surface area contributed by atoms with Gasteiger partial charge in [-0.2, -0.15) is 0 Å². The second-order valence-electron chi connectivity index (χ2n) is 8.18. The van der Waals surface area contributed by atoms with E-state index in [2.05, 4.69) is 29.6 Å². The Bertz CT molecular complexity index is 808. The van der Waals surface area contributed by atoms with E-state index in [4.69, 9.17) is 4.42 Å².